The zero-order chi connectivity index (χ0) is 17.8. The molecule has 5 heteroatoms. The van der Waals surface area contributed by atoms with Gasteiger partial charge in [0.2, 0.25) is 5.91 Å². The summed E-state index contributed by atoms with van der Waals surface area (Å²) in [4.78, 5) is 14.5. The van der Waals surface area contributed by atoms with E-state index in [1.165, 1.54) is 0 Å². The van der Waals surface area contributed by atoms with Crippen molar-refractivity contribution in [1.82, 2.24) is 20.0 Å². The number of nitrogens with zero attached hydrogens (tertiary/aromatic N) is 3. The quantitative estimate of drug-likeness (QED) is 0.799. The van der Waals surface area contributed by atoms with Gasteiger partial charge in [0.15, 0.2) is 0 Å². The molecule has 0 atom stereocenters. The number of aromatic nitrogens is 2. The molecule has 1 N–H and O–H groups in total. The van der Waals surface area contributed by atoms with Crippen molar-refractivity contribution in [2.75, 3.05) is 27.2 Å². The van der Waals surface area contributed by atoms with Gasteiger partial charge >= 0.3 is 0 Å². The molecule has 0 bridgehead atoms. The van der Waals surface area contributed by atoms with Crippen molar-refractivity contribution in [2.45, 2.75) is 54.5 Å². The molecule has 0 aliphatic rings. The molecule has 0 radical (unpaired) electrons. The van der Waals surface area contributed by atoms with E-state index in [0.29, 0.717) is 18.9 Å². The molecule has 0 fully saturated rings. The van der Waals surface area contributed by atoms with E-state index >= 15 is 0 Å². The summed E-state index contributed by atoms with van der Waals surface area (Å²) in [6.07, 6.45) is 0.411. The summed E-state index contributed by atoms with van der Waals surface area (Å²) in [5.41, 5.74) is 3.20. The lowest BCUT2D eigenvalue weighted by Gasteiger charge is -2.28. The zero-order valence-corrected chi connectivity index (χ0v) is 16.2. The van der Waals surface area contributed by atoms with Crippen LogP contribution in [0.5, 0.6) is 0 Å². The minimum absolute atomic E-state index is 0.0606. The van der Waals surface area contributed by atoms with Crippen molar-refractivity contribution >= 4 is 5.91 Å². The molecule has 1 aromatic heterocycles. The van der Waals surface area contributed by atoms with Gasteiger partial charge in [-0.2, -0.15) is 5.10 Å². The van der Waals surface area contributed by atoms with Crippen LogP contribution in [0.1, 0.15) is 44.6 Å². The second-order valence-corrected chi connectivity index (χ2v) is 8.08. The highest BCUT2D eigenvalue weighted by atomic mass is 16.1. The fraction of sp³-hybridized carbons (Fsp3) is 0.778. The highest BCUT2D eigenvalue weighted by Crippen LogP contribution is 2.17. The minimum atomic E-state index is 0.0606. The Labute approximate surface area is 141 Å². The molecule has 0 aromatic carbocycles. The van der Waals surface area contributed by atoms with E-state index in [4.69, 9.17) is 0 Å². The average Bonchev–Trinajstić information content (AvgIpc) is 2.62. The van der Waals surface area contributed by atoms with Crippen LogP contribution in [-0.2, 0) is 17.8 Å². The first kappa shape index (κ1) is 19.7. The largest absolute Gasteiger partial charge is 0.355 e. The van der Waals surface area contributed by atoms with Gasteiger partial charge in [-0.15, -0.1) is 0 Å². The summed E-state index contributed by atoms with van der Waals surface area (Å²) in [6, 6.07) is 0. The van der Waals surface area contributed by atoms with E-state index in [2.05, 4.69) is 64.0 Å². The molecule has 5 nitrogen and oxygen atoms in total. The van der Waals surface area contributed by atoms with Gasteiger partial charge in [-0.3, -0.25) is 9.48 Å². The lowest BCUT2D eigenvalue weighted by molar-refractivity contribution is -0.120. The van der Waals surface area contributed by atoms with Crippen LogP contribution in [-0.4, -0.2) is 47.8 Å². The summed E-state index contributed by atoms with van der Waals surface area (Å²) in [7, 11) is 4.11. The third-order valence-corrected chi connectivity index (χ3v) is 3.92. The second kappa shape index (κ2) is 7.95. The number of rotatable bonds is 8. The standard InChI is InChI=1S/C18H34N4O/c1-13(2)10-22-15(4)16(14(3)20-22)9-17(23)19-11-18(5,6)12-21(7)8/h13H,9-12H2,1-8H3,(H,19,23). The Kier molecular flexibility index (Phi) is 6.81. The van der Waals surface area contributed by atoms with Crippen molar-refractivity contribution < 1.29 is 4.79 Å². The Balaban J connectivity index is 2.66. The molecule has 1 amide bonds. The molecule has 0 aliphatic carbocycles. The molecule has 0 aliphatic heterocycles. The third-order valence-electron chi connectivity index (χ3n) is 3.92. The molecule has 23 heavy (non-hydrogen) atoms. The van der Waals surface area contributed by atoms with Gasteiger partial charge in [-0.05, 0) is 39.3 Å². The number of carbonyl (C=O) groups is 1. The van der Waals surface area contributed by atoms with Gasteiger partial charge in [0, 0.05) is 30.9 Å². The maximum absolute atomic E-state index is 12.3. The predicted octanol–water partition coefficient (Wildman–Crippen LogP) is 2.40. The van der Waals surface area contributed by atoms with Gasteiger partial charge in [-0.1, -0.05) is 27.7 Å². The number of hydrogen-bond acceptors (Lipinski definition) is 3. The van der Waals surface area contributed by atoms with E-state index in [1.807, 2.05) is 11.6 Å². The van der Waals surface area contributed by atoms with Crippen molar-refractivity contribution in [3.05, 3.63) is 17.0 Å². The molecule has 0 saturated carbocycles. The molecule has 1 aromatic rings. The fourth-order valence-corrected chi connectivity index (χ4v) is 2.99. The SMILES string of the molecule is Cc1nn(CC(C)C)c(C)c1CC(=O)NCC(C)(C)CN(C)C. The van der Waals surface area contributed by atoms with E-state index in [-0.39, 0.29) is 11.3 Å². The van der Waals surface area contributed by atoms with E-state index in [9.17, 15) is 4.79 Å². The van der Waals surface area contributed by atoms with Crippen LogP contribution in [0.2, 0.25) is 0 Å². The highest BCUT2D eigenvalue weighted by Gasteiger charge is 2.21. The van der Waals surface area contributed by atoms with E-state index in [0.717, 1.165) is 30.0 Å². The summed E-state index contributed by atoms with van der Waals surface area (Å²) in [5, 5.41) is 7.66. The molecular weight excluding hydrogens is 288 g/mol. The predicted molar refractivity (Wildman–Crippen MR) is 95.6 cm³/mol. The van der Waals surface area contributed by atoms with Gasteiger partial charge in [0.25, 0.3) is 0 Å². The molecule has 1 rings (SSSR count). The van der Waals surface area contributed by atoms with Crippen LogP contribution in [0.3, 0.4) is 0 Å². The molecule has 0 spiro atoms. The Morgan fingerprint density at radius 2 is 1.91 bits per heavy atom. The Morgan fingerprint density at radius 1 is 1.30 bits per heavy atom. The molecule has 0 saturated heterocycles. The van der Waals surface area contributed by atoms with Gasteiger partial charge in [0.05, 0.1) is 12.1 Å². The van der Waals surface area contributed by atoms with Crippen molar-refractivity contribution in [1.29, 1.82) is 0 Å². The van der Waals surface area contributed by atoms with Gasteiger partial charge in [0.1, 0.15) is 0 Å². The molecule has 1 heterocycles. The van der Waals surface area contributed by atoms with E-state index in [1.54, 1.807) is 0 Å². The monoisotopic (exact) mass is 322 g/mol. The van der Waals surface area contributed by atoms with Crippen LogP contribution >= 0.6 is 0 Å². The summed E-state index contributed by atoms with van der Waals surface area (Å²) in [6.45, 7) is 15.3. The lowest BCUT2D eigenvalue weighted by atomic mass is 9.93. The van der Waals surface area contributed by atoms with E-state index < -0.39 is 0 Å². The first-order valence-electron chi connectivity index (χ1n) is 8.46. The summed E-state index contributed by atoms with van der Waals surface area (Å²) >= 11 is 0. The van der Waals surface area contributed by atoms with Gasteiger partial charge < -0.3 is 10.2 Å². The minimum Gasteiger partial charge on any atom is -0.355 e. The van der Waals surface area contributed by atoms with Gasteiger partial charge in [-0.25, -0.2) is 0 Å². The maximum atomic E-state index is 12.3. The van der Waals surface area contributed by atoms with Crippen LogP contribution < -0.4 is 5.32 Å². The Hall–Kier alpha value is -1.36. The maximum Gasteiger partial charge on any atom is 0.224 e. The number of aryl methyl sites for hydroxylation is 1. The topological polar surface area (TPSA) is 50.2 Å². The van der Waals surface area contributed by atoms with Crippen LogP contribution in [0.4, 0.5) is 0 Å². The van der Waals surface area contributed by atoms with Crippen molar-refractivity contribution in [2.24, 2.45) is 11.3 Å². The number of nitrogens with one attached hydrogen (secondary N) is 1. The fourth-order valence-electron chi connectivity index (χ4n) is 2.99. The first-order valence-corrected chi connectivity index (χ1v) is 8.46. The number of amides is 1. The zero-order valence-electron chi connectivity index (χ0n) is 16.2. The van der Waals surface area contributed by atoms with Crippen LogP contribution in [0.15, 0.2) is 0 Å². The third kappa shape index (κ3) is 6.34. The summed E-state index contributed by atoms with van der Waals surface area (Å²) in [5.74, 6) is 0.619. The average molecular weight is 322 g/mol. The second-order valence-electron chi connectivity index (χ2n) is 8.08. The Morgan fingerprint density at radius 3 is 2.43 bits per heavy atom. The van der Waals surface area contributed by atoms with Crippen LogP contribution in [0.25, 0.3) is 0 Å². The van der Waals surface area contributed by atoms with Crippen LogP contribution in [0, 0.1) is 25.2 Å². The van der Waals surface area contributed by atoms with Crippen molar-refractivity contribution in [3.8, 4) is 0 Å². The molecule has 132 valence electrons. The normalized spacial score (nSPS) is 12.3. The highest BCUT2D eigenvalue weighted by molar-refractivity contribution is 5.79. The number of carbonyl (C=O) groups excluding carboxylic acids is 1. The first-order chi connectivity index (χ1) is 10.5. The lowest BCUT2D eigenvalue weighted by Crippen LogP contribution is -2.40. The van der Waals surface area contributed by atoms with Crippen molar-refractivity contribution in [3.63, 3.8) is 0 Å². The Bertz CT molecular complexity index is 529. The smallest absolute Gasteiger partial charge is 0.224 e. The summed E-state index contributed by atoms with van der Waals surface area (Å²) < 4.78 is 2.03. The molecular formula is C18H34N4O. The number of hydrogen-bond donors (Lipinski definition) is 1. The molecule has 0 unspecified atom stereocenters.